The van der Waals surface area contributed by atoms with E-state index in [1.165, 1.54) is 11.8 Å². The second kappa shape index (κ2) is 12.2. The van der Waals surface area contributed by atoms with Crippen LogP contribution in [0.15, 0.2) is 29.4 Å². The number of nitrogens with zero attached hydrogens (tertiary/aromatic N) is 3. The van der Waals surface area contributed by atoms with Gasteiger partial charge in [0.1, 0.15) is 10.8 Å². The molecule has 37 heavy (non-hydrogen) atoms. The maximum Gasteiger partial charge on any atom is 0.341 e. The Bertz CT molecular complexity index is 1280. The number of amides is 2. The SMILES string of the molecule is Cc1c(C(N)=O)sc(NC(=O)CSc2nnc(-c3ccc(OCC(C)C)cc3)n2C)c1C(=O)OC(C)C. The zero-order chi connectivity index (χ0) is 27.3. The molecule has 1 aromatic carbocycles. The monoisotopic (exact) mass is 545 g/mol. The molecular weight excluding hydrogens is 514 g/mol. The predicted molar refractivity (Wildman–Crippen MR) is 144 cm³/mol. The number of ether oxygens (including phenoxy) is 2. The molecule has 0 aliphatic carbocycles. The molecule has 0 aliphatic heterocycles. The summed E-state index contributed by atoms with van der Waals surface area (Å²) in [7, 11) is 1.82. The summed E-state index contributed by atoms with van der Waals surface area (Å²) in [4.78, 5) is 37.3. The van der Waals surface area contributed by atoms with Crippen LogP contribution < -0.4 is 15.8 Å². The van der Waals surface area contributed by atoms with E-state index in [0.717, 1.165) is 22.6 Å². The van der Waals surface area contributed by atoms with Gasteiger partial charge in [-0.25, -0.2) is 4.79 Å². The van der Waals surface area contributed by atoms with Crippen LogP contribution >= 0.6 is 23.1 Å². The Kier molecular flexibility index (Phi) is 9.33. The molecule has 0 atom stereocenters. The van der Waals surface area contributed by atoms with E-state index in [1.807, 2.05) is 31.3 Å². The van der Waals surface area contributed by atoms with Gasteiger partial charge in [0.25, 0.3) is 5.91 Å². The van der Waals surface area contributed by atoms with Crippen LogP contribution in [0, 0.1) is 12.8 Å². The number of carbonyl (C=O) groups is 3. The standard InChI is InChI=1S/C25H31N5O5S2/c1-13(2)11-34-17-9-7-16(8-10-17)22-28-29-25(30(22)6)36-12-18(31)27-23-19(24(33)35-14(3)4)15(5)20(37-23)21(26)32/h7-10,13-14H,11-12H2,1-6H3,(H2,26,32)(H,27,31). The van der Waals surface area contributed by atoms with Crippen molar-refractivity contribution in [3.63, 3.8) is 0 Å². The molecule has 0 saturated heterocycles. The maximum absolute atomic E-state index is 12.7. The summed E-state index contributed by atoms with van der Waals surface area (Å²) in [5, 5.41) is 11.9. The lowest BCUT2D eigenvalue weighted by Gasteiger charge is -2.10. The van der Waals surface area contributed by atoms with Gasteiger partial charge in [-0.15, -0.1) is 21.5 Å². The highest BCUT2D eigenvalue weighted by molar-refractivity contribution is 7.99. The number of nitrogens with two attached hydrogens (primary N) is 1. The van der Waals surface area contributed by atoms with Gasteiger partial charge >= 0.3 is 5.97 Å². The minimum atomic E-state index is -0.679. The fourth-order valence-electron chi connectivity index (χ4n) is 3.30. The van der Waals surface area contributed by atoms with Crippen molar-refractivity contribution in [2.45, 2.75) is 45.9 Å². The van der Waals surface area contributed by atoms with E-state index in [9.17, 15) is 14.4 Å². The largest absolute Gasteiger partial charge is 0.493 e. The van der Waals surface area contributed by atoms with Crippen LogP contribution in [-0.2, 0) is 16.6 Å². The summed E-state index contributed by atoms with van der Waals surface area (Å²) in [6.07, 6.45) is -0.364. The van der Waals surface area contributed by atoms with E-state index in [-0.39, 0.29) is 33.2 Å². The van der Waals surface area contributed by atoms with Crippen molar-refractivity contribution in [2.24, 2.45) is 18.7 Å². The summed E-state index contributed by atoms with van der Waals surface area (Å²) < 4.78 is 12.8. The van der Waals surface area contributed by atoms with Crippen LogP contribution in [0.2, 0.25) is 0 Å². The summed E-state index contributed by atoms with van der Waals surface area (Å²) >= 11 is 2.15. The van der Waals surface area contributed by atoms with E-state index in [0.29, 0.717) is 29.1 Å². The number of aromatic nitrogens is 3. The van der Waals surface area contributed by atoms with Crippen molar-refractivity contribution in [1.29, 1.82) is 0 Å². The number of hydrogen-bond acceptors (Lipinski definition) is 9. The molecule has 3 N–H and O–H groups in total. The van der Waals surface area contributed by atoms with Gasteiger partial charge in [0.15, 0.2) is 11.0 Å². The van der Waals surface area contributed by atoms with E-state index >= 15 is 0 Å². The molecule has 0 unspecified atom stereocenters. The second-order valence-electron chi connectivity index (χ2n) is 9.01. The second-order valence-corrected chi connectivity index (χ2v) is 11.0. The number of esters is 1. The summed E-state index contributed by atoms with van der Waals surface area (Å²) in [6, 6.07) is 7.60. The number of thiophene rings is 1. The Morgan fingerprint density at radius 1 is 1.14 bits per heavy atom. The van der Waals surface area contributed by atoms with E-state index in [1.54, 1.807) is 25.3 Å². The first-order chi connectivity index (χ1) is 17.5. The maximum atomic E-state index is 12.7. The lowest BCUT2D eigenvalue weighted by molar-refractivity contribution is -0.113. The third-order valence-corrected chi connectivity index (χ3v) is 7.28. The zero-order valence-corrected chi connectivity index (χ0v) is 23.3. The number of hydrogen-bond donors (Lipinski definition) is 2. The summed E-state index contributed by atoms with van der Waals surface area (Å²) in [5.41, 5.74) is 6.82. The lowest BCUT2D eigenvalue weighted by Crippen LogP contribution is -2.18. The molecule has 198 valence electrons. The third kappa shape index (κ3) is 7.10. The van der Waals surface area contributed by atoms with E-state index in [2.05, 4.69) is 29.4 Å². The lowest BCUT2D eigenvalue weighted by atomic mass is 10.1. The van der Waals surface area contributed by atoms with Crippen LogP contribution in [0.3, 0.4) is 0 Å². The van der Waals surface area contributed by atoms with Crippen molar-refractivity contribution in [2.75, 3.05) is 17.7 Å². The molecular formula is C25H31N5O5S2. The molecule has 2 heterocycles. The fraction of sp³-hybridized carbons (Fsp3) is 0.400. The minimum absolute atomic E-state index is 0.00940. The molecule has 2 amide bonds. The van der Waals surface area contributed by atoms with E-state index in [4.69, 9.17) is 15.2 Å². The molecule has 0 fully saturated rings. The highest BCUT2D eigenvalue weighted by Gasteiger charge is 2.26. The third-order valence-electron chi connectivity index (χ3n) is 5.03. The van der Waals surface area contributed by atoms with Gasteiger partial charge < -0.3 is 25.1 Å². The Labute approximate surface area is 223 Å². The predicted octanol–water partition coefficient (Wildman–Crippen LogP) is 4.28. The molecule has 0 spiro atoms. The van der Waals surface area contributed by atoms with Gasteiger partial charge in [-0.2, -0.15) is 0 Å². The van der Waals surface area contributed by atoms with Crippen molar-refractivity contribution < 1.29 is 23.9 Å². The normalized spacial score (nSPS) is 11.1. The van der Waals surface area contributed by atoms with Crippen LogP contribution in [-0.4, -0.2) is 51.0 Å². The molecule has 3 rings (SSSR count). The van der Waals surface area contributed by atoms with Gasteiger partial charge in [0, 0.05) is 12.6 Å². The van der Waals surface area contributed by atoms with E-state index < -0.39 is 11.9 Å². The molecule has 10 nitrogen and oxygen atoms in total. The fourth-order valence-corrected chi connectivity index (χ4v) is 5.08. The number of thioether (sulfide) groups is 1. The molecule has 12 heteroatoms. The van der Waals surface area contributed by atoms with Crippen LogP contribution in [0.4, 0.5) is 5.00 Å². The summed E-state index contributed by atoms with van der Waals surface area (Å²) in [5.74, 6) is 0.194. The molecule has 0 aliphatic rings. The van der Waals surface area contributed by atoms with Crippen molar-refractivity contribution in [1.82, 2.24) is 14.8 Å². The molecule has 3 aromatic rings. The molecule has 0 saturated carbocycles. The number of rotatable bonds is 11. The number of anilines is 1. The Morgan fingerprint density at radius 3 is 2.41 bits per heavy atom. The number of nitrogens with one attached hydrogen (secondary N) is 1. The Balaban J connectivity index is 1.69. The first-order valence-electron chi connectivity index (χ1n) is 11.7. The minimum Gasteiger partial charge on any atom is -0.493 e. The van der Waals surface area contributed by atoms with Crippen LogP contribution in [0.1, 0.15) is 53.3 Å². The highest BCUT2D eigenvalue weighted by atomic mass is 32.2. The van der Waals surface area contributed by atoms with Gasteiger partial charge in [-0.3, -0.25) is 9.59 Å². The van der Waals surface area contributed by atoms with Crippen LogP contribution in [0.25, 0.3) is 11.4 Å². The van der Waals surface area contributed by atoms with Crippen molar-refractivity contribution >= 4 is 45.9 Å². The first-order valence-corrected chi connectivity index (χ1v) is 13.5. The smallest absolute Gasteiger partial charge is 0.341 e. The number of carbonyl (C=O) groups excluding carboxylic acids is 3. The Morgan fingerprint density at radius 2 is 1.81 bits per heavy atom. The summed E-state index contributed by atoms with van der Waals surface area (Å²) in [6.45, 7) is 9.85. The zero-order valence-electron chi connectivity index (χ0n) is 21.7. The highest BCUT2D eigenvalue weighted by Crippen LogP contribution is 2.34. The van der Waals surface area contributed by atoms with Gasteiger partial charge in [0.05, 0.1) is 28.9 Å². The van der Waals surface area contributed by atoms with Crippen LogP contribution in [0.5, 0.6) is 5.75 Å². The average Bonchev–Trinajstić information content (AvgIpc) is 3.35. The topological polar surface area (TPSA) is 138 Å². The quantitative estimate of drug-likeness (QED) is 0.269. The van der Waals surface area contributed by atoms with Crippen molar-refractivity contribution in [3.05, 3.63) is 40.3 Å². The number of primary amides is 1. The first kappa shape index (κ1) is 28.2. The van der Waals surface area contributed by atoms with Crippen molar-refractivity contribution in [3.8, 4) is 17.1 Å². The molecule has 0 bridgehead atoms. The number of benzene rings is 1. The van der Waals surface area contributed by atoms with Gasteiger partial charge in [0.2, 0.25) is 5.91 Å². The van der Waals surface area contributed by atoms with Gasteiger partial charge in [-0.1, -0.05) is 25.6 Å². The van der Waals surface area contributed by atoms with Gasteiger partial charge in [-0.05, 0) is 56.5 Å². The molecule has 0 radical (unpaired) electrons. The molecule has 2 aromatic heterocycles. The Hall–Kier alpha value is -3.38. The average molecular weight is 546 g/mol.